The third kappa shape index (κ3) is 3.99. The summed E-state index contributed by atoms with van der Waals surface area (Å²) >= 11 is 0. The summed E-state index contributed by atoms with van der Waals surface area (Å²) in [6.45, 7) is 1.70. The van der Waals surface area contributed by atoms with Crippen molar-refractivity contribution in [1.82, 2.24) is 5.43 Å². The van der Waals surface area contributed by atoms with Gasteiger partial charge in [0.05, 0.1) is 17.2 Å². The standard InChI is InChI=1S/C18H20N2O4S/c1-12(15-7-6-14-4-2-3-5-16(14)18(15)22)19-20-17(21)10-13-8-9-25(23,24)11-13/h2-7,13,22H,8-11H2,1H3,(H,20,21)/b19-12+/t13-/m0/s1. The van der Waals surface area contributed by atoms with Crippen LogP contribution in [0.4, 0.5) is 0 Å². The number of rotatable bonds is 4. The van der Waals surface area contributed by atoms with E-state index in [0.29, 0.717) is 17.7 Å². The van der Waals surface area contributed by atoms with E-state index in [1.165, 1.54) is 0 Å². The SMILES string of the molecule is C/C(=N\NC(=O)C[C@@H]1CCS(=O)(=O)C1)c1ccc2ccccc2c1O. The average Bonchev–Trinajstić information content (AvgIpc) is 2.92. The number of sulfone groups is 1. The van der Waals surface area contributed by atoms with Crippen molar-refractivity contribution in [3.05, 3.63) is 42.0 Å². The smallest absolute Gasteiger partial charge is 0.240 e. The molecule has 2 aromatic rings. The van der Waals surface area contributed by atoms with Gasteiger partial charge in [-0.05, 0) is 30.7 Å². The van der Waals surface area contributed by atoms with Gasteiger partial charge in [0.1, 0.15) is 5.75 Å². The summed E-state index contributed by atoms with van der Waals surface area (Å²) in [5, 5.41) is 16.1. The molecule has 3 rings (SSSR count). The van der Waals surface area contributed by atoms with Crippen LogP contribution in [0.25, 0.3) is 10.8 Å². The molecule has 6 nitrogen and oxygen atoms in total. The second-order valence-corrected chi connectivity index (χ2v) is 8.62. The van der Waals surface area contributed by atoms with E-state index in [1.54, 1.807) is 13.0 Å². The number of hydrogen-bond acceptors (Lipinski definition) is 5. The molecule has 7 heteroatoms. The van der Waals surface area contributed by atoms with E-state index in [-0.39, 0.29) is 35.5 Å². The molecule has 1 saturated heterocycles. The lowest BCUT2D eigenvalue weighted by molar-refractivity contribution is -0.121. The number of fused-ring (bicyclic) bond motifs is 1. The van der Waals surface area contributed by atoms with Gasteiger partial charge in [0.2, 0.25) is 5.91 Å². The molecule has 1 amide bonds. The monoisotopic (exact) mass is 360 g/mol. The zero-order valence-corrected chi connectivity index (χ0v) is 14.7. The molecule has 1 atom stereocenters. The highest BCUT2D eigenvalue weighted by Gasteiger charge is 2.29. The molecule has 1 heterocycles. The summed E-state index contributed by atoms with van der Waals surface area (Å²) in [7, 11) is -2.99. The van der Waals surface area contributed by atoms with Crippen molar-refractivity contribution in [3.63, 3.8) is 0 Å². The molecule has 0 aliphatic carbocycles. The maximum absolute atomic E-state index is 12.0. The fourth-order valence-electron chi connectivity index (χ4n) is 3.09. The third-order valence-corrected chi connectivity index (χ3v) is 6.28. The van der Waals surface area contributed by atoms with E-state index in [4.69, 9.17) is 0 Å². The van der Waals surface area contributed by atoms with Gasteiger partial charge in [-0.3, -0.25) is 4.79 Å². The highest BCUT2D eigenvalue weighted by molar-refractivity contribution is 7.91. The zero-order chi connectivity index (χ0) is 18.0. The van der Waals surface area contributed by atoms with Crippen LogP contribution in [0.5, 0.6) is 5.75 Å². The molecule has 0 saturated carbocycles. The largest absolute Gasteiger partial charge is 0.507 e. The van der Waals surface area contributed by atoms with Gasteiger partial charge in [-0.25, -0.2) is 13.8 Å². The minimum absolute atomic E-state index is 0.0641. The zero-order valence-electron chi connectivity index (χ0n) is 13.9. The molecule has 2 aromatic carbocycles. The first-order valence-electron chi connectivity index (χ1n) is 8.10. The lowest BCUT2D eigenvalue weighted by Crippen LogP contribution is -2.22. The third-order valence-electron chi connectivity index (χ3n) is 4.44. The fourth-order valence-corrected chi connectivity index (χ4v) is 4.96. The lowest BCUT2D eigenvalue weighted by atomic mass is 10.0. The van der Waals surface area contributed by atoms with E-state index in [0.717, 1.165) is 10.8 Å². The van der Waals surface area contributed by atoms with Crippen molar-refractivity contribution in [2.24, 2.45) is 11.0 Å². The number of phenols is 1. The quantitative estimate of drug-likeness (QED) is 0.645. The molecule has 25 heavy (non-hydrogen) atoms. The van der Waals surface area contributed by atoms with Gasteiger partial charge < -0.3 is 5.11 Å². The number of hydrazone groups is 1. The Morgan fingerprint density at radius 1 is 1.28 bits per heavy atom. The van der Waals surface area contributed by atoms with Crippen LogP contribution in [0.3, 0.4) is 0 Å². The first-order valence-corrected chi connectivity index (χ1v) is 9.92. The van der Waals surface area contributed by atoms with Gasteiger partial charge in [0, 0.05) is 17.4 Å². The van der Waals surface area contributed by atoms with Crippen LogP contribution < -0.4 is 5.43 Å². The number of benzene rings is 2. The highest BCUT2D eigenvalue weighted by atomic mass is 32.2. The van der Waals surface area contributed by atoms with Crippen molar-refractivity contribution in [3.8, 4) is 5.75 Å². The number of phenolic OH excluding ortho intramolecular Hbond substituents is 1. The Morgan fingerprint density at radius 3 is 2.76 bits per heavy atom. The normalized spacial score (nSPS) is 19.9. The molecular formula is C18H20N2O4S. The number of hydrogen-bond donors (Lipinski definition) is 2. The Morgan fingerprint density at radius 2 is 2.04 bits per heavy atom. The first kappa shape index (κ1) is 17.4. The highest BCUT2D eigenvalue weighted by Crippen LogP contribution is 2.29. The van der Waals surface area contributed by atoms with Gasteiger partial charge in [-0.1, -0.05) is 30.3 Å². The predicted molar refractivity (Wildman–Crippen MR) is 97.3 cm³/mol. The predicted octanol–water partition coefficient (Wildman–Crippen LogP) is 2.21. The van der Waals surface area contributed by atoms with Gasteiger partial charge in [-0.15, -0.1) is 0 Å². The summed E-state index contributed by atoms with van der Waals surface area (Å²) in [6.07, 6.45) is 0.656. The summed E-state index contributed by atoms with van der Waals surface area (Å²) in [6, 6.07) is 11.1. The molecule has 1 aliphatic rings. The fraction of sp³-hybridized carbons (Fsp3) is 0.333. The Balaban J connectivity index is 1.69. The number of aromatic hydroxyl groups is 1. The molecule has 0 bridgehead atoms. The topological polar surface area (TPSA) is 95.8 Å². The van der Waals surface area contributed by atoms with Gasteiger partial charge in [0.25, 0.3) is 0 Å². The van der Waals surface area contributed by atoms with Crippen molar-refractivity contribution < 1.29 is 18.3 Å². The molecule has 0 unspecified atom stereocenters. The maximum atomic E-state index is 12.0. The number of carbonyl (C=O) groups is 1. The average molecular weight is 360 g/mol. The lowest BCUT2D eigenvalue weighted by Gasteiger charge is -2.09. The van der Waals surface area contributed by atoms with Crippen LogP contribution in [0, 0.1) is 5.92 Å². The number of nitrogens with zero attached hydrogens (tertiary/aromatic N) is 1. The van der Waals surface area contributed by atoms with E-state index in [1.807, 2.05) is 30.3 Å². The van der Waals surface area contributed by atoms with Gasteiger partial charge in [0.15, 0.2) is 9.84 Å². The second-order valence-electron chi connectivity index (χ2n) is 6.39. The van der Waals surface area contributed by atoms with E-state index in [2.05, 4.69) is 10.5 Å². The van der Waals surface area contributed by atoms with Crippen LogP contribution in [-0.2, 0) is 14.6 Å². The first-order chi connectivity index (χ1) is 11.9. The Kier molecular flexibility index (Phi) is 4.76. The van der Waals surface area contributed by atoms with Crippen LogP contribution in [0.2, 0.25) is 0 Å². The van der Waals surface area contributed by atoms with Gasteiger partial charge >= 0.3 is 0 Å². The molecule has 0 aromatic heterocycles. The second kappa shape index (κ2) is 6.84. The van der Waals surface area contributed by atoms with Crippen molar-refractivity contribution in [2.75, 3.05) is 11.5 Å². The van der Waals surface area contributed by atoms with Crippen molar-refractivity contribution >= 4 is 32.2 Å². The number of amides is 1. The Hall–Kier alpha value is -2.41. The number of carbonyl (C=O) groups excluding carboxylic acids is 1. The molecule has 132 valence electrons. The summed E-state index contributed by atoms with van der Waals surface area (Å²) in [4.78, 5) is 12.0. The van der Waals surface area contributed by atoms with Crippen molar-refractivity contribution in [2.45, 2.75) is 19.8 Å². The Labute approximate surface area is 146 Å². The van der Waals surface area contributed by atoms with E-state index in [9.17, 15) is 18.3 Å². The molecule has 0 radical (unpaired) electrons. The number of nitrogens with one attached hydrogen (secondary N) is 1. The Bertz CT molecular complexity index is 951. The summed E-state index contributed by atoms with van der Waals surface area (Å²) in [5.74, 6) is -0.126. The van der Waals surface area contributed by atoms with Crippen LogP contribution in [0.15, 0.2) is 41.5 Å². The van der Waals surface area contributed by atoms with E-state index >= 15 is 0 Å². The summed E-state index contributed by atoms with van der Waals surface area (Å²) < 4.78 is 22.9. The maximum Gasteiger partial charge on any atom is 0.240 e. The van der Waals surface area contributed by atoms with Crippen LogP contribution in [0.1, 0.15) is 25.3 Å². The molecule has 0 spiro atoms. The van der Waals surface area contributed by atoms with Gasteiger partial charge in [-0.2, -0.15) is 5.10 Å². The molecular weight excluding hydrogens is 340 g/mol. The van der Waals surface area contributed by atoms with Crippen LogP contribution >= 0.6 is 0 Å². The van der Waals surface area contributed by atoms with Crippen LogP contribution in [-0.4, -0.2) is 36.6 Å². The van der Waals surface area contributed by atoms with Crippen molar-refractivity contribution in [1.29, 1.82) is 0 Å². The minimum Gasteiger partial charge on any atom is -0.507 e. The summed E-state index contributed by atoms with van der Waals surface area (Å²) in [5.41, 5.74) is 3.48. The minimum atomic E-state index is -2.99. The molecule has 2 N–H and O–H groups in total. The van der Waals surface area contributed by atoms with E-state index < -0.39 is 9.84 Å². The molecule has 1 aliphatic heterocycles. The molecule has 1 fully saturated rings.